The molecule has 20 heavy (non-hydrogen) atoms. The van der Waals surface area contributed by atoms with Gasteiger partial charge in [-0.05, 0) is 12.5 Å². The van der Waals surface area contributed by atoms with Crippen LogP contribution < -0.4 is 5.73 Å². The number of thiophene rings is 1. The number of benzene rings is 1. The molecule has 0 saturated carbocycles. The Labute approximate surface area is 118 Å². The number of esters is 1. The van der Waals surface area contributed by atoms with Gasteiger partial charge in [-0.1, -0.05) is 12.1 Å². The van der Waals surface area contributed by atoms with E-state index in [1.807, 2.05) is 6.92 Å². The average Bonchev–Trinajstić information content (AvgIpc) is 2.72. The molecule has 0 unspecified atom stereocenters. The molecule has 0 fully saturated rings. The smallest absolute Gasteiger partial charge is 0.341 e. The van der Waals surface area contributed by atoms with Crippen molar-refractivity contribution in [1.82, 2.24) is 0 Å². The molecule has 1 aromatic carbocycles. The third-order valence-electron chi connectivity index (χ3n) is 2.85. The van der Waals surface area contributed by atoms with Gasteiger partial charge < -0.3 is 10.5 Å². The molecular weight excluding hydrogens is 280 g/mol. The van der Waals surface area contributed by atoms with E-state index in [9.17, 15) is 14.9 Å². The van der Waals surface area contributed by atoms with Crippen LogP contribution in [0.25, 0.3) is 11.1 Å². The fourth-order valence-corrected chi connectivity index (χ4v) is 2.93. The lowest BCUT2D eigenvalue weighted by atomic mass is 10.0. The highest BCUT2D eigenvalue weighted by molar-refractivity contribution is 7.16. The molecule has 1 heterocycles. The number of nitro groups is 1. The van der Waals surface area contributed by atoms with Crippen LogP contribution in [-0.2, 0) is 4.74 Å². The molecule has 7 heteroatoms. The number of carbonyl (C=O) groups excluding carboxylic acids is 1. The van der Waals surface area contributed by atoms with E-state index in [1.54, 1.807) is 12.1 Å². The van der Waals surface area contributed by atoms with Gasteiger partial charge in [0, 0.05) is 22.6 Å². The Morgan fingerprint density at radius 1 is 1.45 bits per heavy atom. The zero-order chi connectivity index (χ0) is 14.9. The number of methoxy groups -OCH3 is 1. The summed E-state index contributed by atoms with van der Waals surface area (Å²) in [6.07, 6.45) is 0. The zero-order valence-electron chi connectivity index (χ0n) is 10.9. The van der Waals surface area contributed by atoms with E-state index in [-0.39, 0.29) is 11.3 Å². The van der Waals surface area contributed by atoms with Gasteiger partial charge >= 0.3 is 5.97 Å². The number of hydrogen-bond acceptors (Lipinski definition) is 6. The van der Waals surface area contributed by atoms with Gasteiger partial charge in [-0.2, -0.15) is 0 Å². The van der Waals surface area contributed by atoms with Gasteiger partial charge in [-0.15, -0.1) is 11.3 Å². The third kappa shape index (κ3) is 2.35. The van der Waals surface area contributed by atoms with Gasteiger partial charge in [0.15, 0.2) is 0 Å². The van der Waals surface area contributed by atoms with Crippen LogP contribution in [0, 0.1) is 17.0 Å². The maximum atomic E-state index is 11.8. The average molecular weight is 292 g/mol. The number of hydrogen-bond donors (Lipinski definition) is 1. The van der Waals surface area contributed by atoms with Crippen molar-refractivity contribution in [3.63, 3.8) is 0 Å². The Bertz CT molecular complexity index is 694. The van der Waals surface area contributed by atoms with E-state index < -0.39 is 10.9 Å². The van der Waals surface area contributed by atoms with Gasteiger partial charge in [0.05, 0.1) is 12.0 Å². The van der Waals surface area contributed by atoms with Gasteiger partial charge in [0.2, 0.25) is 0 Å². The third-order valence-corrected chi connectivity index (χ3v) is 3.78. The van der Waals surface area contributed by atoms with Crippen molar-refractivity contribution in [2.45, 2.75) is 6.92 Å². The highest BCUT2D eigenvalue weighted by atomic mass is 32.1. The highest BCUT2D eigenvalue weighted by Gasteiger charge is 2.23. The van der Waals surface area contributed by atoms with Crippen molar-refractivity contribution >= 4 is 28.0 Å². The molecule has 2 rings (SSSR count). The minimum atomic E-state index is -0.548. The van der Waals surface area contributed by atoms with Crippen molar-refractivity contribution in [3.8, 4) is 11.1 Å². The fourth-order valence-electron chi connectivity index (χ4n) is 1.99. The molecule has 2 N–H and O–H groups in total. The lowest BCUT2D eigenvalue weighted by molar-refractivity contribution is -0.384. The maximum absolute atomic E-state index is 11.8. The number of carbonyl (C=O) groups is 1. The number of rotatable bonds is 3. The highest BCUT2D eigenvalue weighted by Crippen LogP contribution is 2.39. The quantitative estimate of drug-likeness (QED) is 0.533. The zero-order valence-corrected chi connectivity index (χ0v) is 11.7. The van der Waals surface area contributed by atoms with E-state index in [4.69, 9.17) is 10.5 Å². The van der Waals surface area contributed by atoms with Crippen LogP contribution in [0.1, 0.15) is 15.2 Å². The molecule has 6 nitrogen and oxygen atoms in total. The summed E-state index contributed by atoms with van der Waals surface area (Å²) in [7, 11) is 1.27. The SMILES string of the molecule is COC(=O)c1c(N)sc(C)c1-c1cccc([N+](=O)[O-])c1. The molecule has 2 aromatic rings. The normalized spacial score (nSPS) is 10.3. The molecule has 0 saturated heterocycles. The maximum Gasteiger partial charge on any atom is 0.341 e. The largest absolute Gasteiger partial charge is 0.465 e. The topological polar surface area (TPSA) is 95.5 Å². The second-order valence-corrected chi connectivity index (χ2v) is 5.33. The number of ether oxygens (including phenoxy) is 1. The molecule has 0 bridgehead atoms. The monoisotopic (exact) mass is 292 g/mol. The number of nitrogen functional groups attached to an aromatic ring is 1. The molecule has 0 amide bonds. The van der Waals surface area contributed by atoms with Crippen LogP contribution in [0.15, 0.2) is 24.3 Å². The van der Waals surface area contributed by atoms with Gasteiger partial charge in [0.1, 0.15) is 10.6 Å². The molecular formula is C13H12N2O4S. The minimum absolute atomic E-state index is 0.0394. The second-order valence-electron chi connectivity index (χ2n) is 4.07. The molecule has 0 aliphatic carbocycles. The van der Waals surface area contributed by atoms with Gasteiger partial charge in [-0.3, -0.25) is 10.1 Å². The molecule has 0 aliphatic heterocycles. The Morgan fingerprint density at radius 2 is 2.15 bits per heavy atom. The van der Waals surface area contributed by atoms with Crippen molar-refractivity contribution in [2.24, 2.45) is 0 Å². The summed E-state index contributed by atoms with van der Waals surface area (Å²) in [6, 6.07) is 6.09. The van der Waals surface area contributed by atoms with Crippen LogP contribution in [-0.4, -0.2) is 18.0 Å². The lowest BCUT2D eigenvalue weighted by Crippen LogP contribution is -2.04. The van der Waals surface area contributed by atoms with Crippen molar-refractivity contribution in [2.75, 3.05) is 12.8 Å². The Kier molecular flexibility index (Phi) is 3.71. The standard InChI is InChI=1S/C13H12N2O4S/c1-7-10(11(12(14)20-7)13(16)19-2)8-4-3-5-9(6-8)15(17)18/h3-6H,14H2,1-2H3. The molecule has 0 atom stereocenters. The number of aryl methyl sites for hydroxylation is 1. The van der Waals surface area contributed by atoms with E-state index in [0.717, 1.165) is 4.88 Å². The van der Waals surface area contributed by atoms with Crippen molar-refractivity contribution in [3.05, 3.63) is 44.8 Å². The number of nitrogens with zero attached hydrogens (tertiary/aromatic N) is 1. The second kappa shape index (κ2) is 5.30. The number of non-ortho nitro benzene ring substituents is 1. The summed E-state index contributed by atoms with van der Waals surface area (Å²) in [5.41, 5.74) is 7.22. The summed E-state index contributed by atoms with van der Waals surface area (Å²) in [5.74, 6) is -0.548. The van der Waals surface area contributed by atoms with Gasteiger partial charge in [-0.25, -0.2) is 4.79 Å². The Morgan fingerprint density at radius 3 is 2.75 bits per heavy atom. The van der Waals surface area contributed by atoms with Crippen LogP contribution in [0.4, 0.5) is 10.7 Å². The first kappa shape index (κ1) is 14.0. The summed E-state index contributed by atoms with van der Waals surface area (Å²) < 4.78 is 4.72. The van der Waals surface area contributed by atoms with Crippen LogP contribution in [0.2, 0.25) is 0 Å². The van der Waals surface area contributed by atoms with Crippen LogP contribution in [0.5, 0.6) is 0 Å². The number of nitrogens with two attached hydrogens (primary N) is 1. The Hall–Kier alpha value is -2.41. The fraction of sp³-hybridized carbons (Fsp3) is 0.154. The summed E-state index contributed by atoms with van der Waals surface area (Å²) in [5, 5.41) is 11.2. The number of nitro benzene ring substituents is 1. The molecule has 0 spiro atoms. The molecule has 0 radical (unpaired) electrons. The van der Waals surface area contributed by atoms with Crippen molar-refractivity contribution < 1.29 is 14.5 Å². The predicted molar refractivity (Wildman–Crippen MR) is 76.9 cm³/mol. The number of anilines is 1. The van der Waals surface area contributed by atoms with Gasteiger partial charge in [0.25, 0.3) is 5.69 Å². The first-order valence-electron chi connectivity index (χ1n) is 5.67. The first-order chi connectivity index (χ1) is 9.45. The molecule has 0 aliphatic rings. The van der Waals surface area contributed by atoms with Crippen molar-refractivity contribution in [1.29, 1.82) is 0 Å². The molecule has 104 valence electrons. The van der Waals surface area contributed by atoms with Crippen LogP contribution in [0.3, 0.4) is 0 Å². The van der Waals surface area contributed by atoms with E-state index in [1.165, 1.54) is 30.6 Å². The summed E-state index contributed by atoms with van der Waals surface area (Å²) in [4.78, 5) is 23.0. The van der Waals surface area contributed by atoms with Crippen LogP contribution >= 0.6 is 11.3 Å². The van der Waals surface area contributed by atoms with E-state index in [0.29, 0.717) is 16.1 Å². The molecule has 1 aromatic heterocycles. The Balaban J connectivity index is 2.66. The first-order valence-corrected chi connectivity index (χ1v) is 6.49. The van der Waals surface area contributed by atoms with E-state index in [2.05, 4.69) is 0 Å². The van der Waals surface area contributed by atoms with E-state index >= 15 is 0 Å². The minimum Gasteiger partial charge on any atom is -0.465 e. The summed E-state index contributed by atoms with van der Waals surface area (Å²) in [6.45, 7) is 1.81. The lowest BCUT2D eigenvalue weighted by Gasteiger charge is -2.05. The predicted octanol–water partition coefficient (Wildman–Crippen LogP) is 3.00. The summed E-state index contributed by atoms with van der Waals surface area (Å²) >= 11 is 1.26.